The van der Waals surface area contributed by atoms with Gasteiger partial charge < -0.3 is 16.4 Å². The number of amides is 3. The molecule has 8 nitrogen and oxygen atoms in total. The highest BCUT2D eigenvalue weighted by Crippen LogP contribution is 2.19. The van der Waals surface area contributed by atoms with Crippen LogP contribution in [0, 0.1) is 5.82 Å². The maximum atomic E-state index is 14.2. The molecule has 0 aliphatic rings. The second kappa shape index (κ2) is 11.0. The molecule has 0 aliphatic carbocycles. The van der Waals surface area contributed by atoms with Crippen molar-refractivity contribution in [3.05, 3.63) is 100 Å². The molecule has 184 valence electrons. The Kier molecular flexibility index (Phi) is 7.60. The number of fused-ring (bicyclic) bond motifs is 1. The number of para-hydroxylation sites is 1. The van der Waals surface area contributed by atoms with Crippen LogP contribution in [0.1, 0.15) is 21.6 Å². The van der Waals surface area contributed by atoms with E-state index in [1.54, 1.807) is 30.3 Å². The molecule has 1 heterocycles. The summed E-state index contributed by atoms with van der Waals surface area (Å²) in [6, 6.07) is 19.7. The average Bonchev–Trinajstić information content (AvgIpc) is 3.23. The van der Waals surface area contributed by atoms with Gasteiger partial charge in [0.05, 0.1) is 10.5 Å². The number of hydrogen-bond acceptors (Lipinski definition) is 4. The lowest BCUT2D eigenvalue weighted by atomic mass is 10.0. The van der Waals surface area contributed by atoms with Crippen LogP contribution < -0.4 is 16.4 Å². The monoisotopic (exact) mass is 507 g/mol. The summed E-state index contributed by atoms with van der Waals surface area (Å²) >= 11 is 5.83. The van der Waals surface area contributed by atoms with Crippen molar-refractivity contribution in [3.8, 4) is 0 Å². The van der Waals surface area contributed by atoms with Gasteiger partial charge in [-0.05, 0) is 17.7 Å². The van der Waals surface area contributed by atoms with Crippen LogP contribution in [0.3, 0.4) is 0 Å². The first-order chi connectivity index (χ1) is 17.3. The average molecular weight is 508 g/mol. The van der Waals surface area contributed by atoms with E-state index in [0.29, 0.717) is 10.9 Å². The fourth-order valence-electron chi connectivity index (χ4n) is 3.86. The molecule has 0 aliphatic heterocycles. The molecule has 1 aromatic heterocycles. The number of carbonyl (C=O) groups excluding carboxylic acids is 3. The summed E-state index contributed by atoms with van der Waals surface area (Å²) in [5.41, 5.74) is 7.09. The summed E-state index contributed by atoms with van der Waals surface area (Å²) in [6.07, 6.45) is 0.211. The van der Waals surface area contributed by atoms with Gasteiger partial charge in [0.25, 0.3) is 5.91 Å². The number of aromatic nitrogens is 2. The molecule has 0 radical (unpaired) electrons. The summed E-state index contributed by atoms with van der Waals surface area (Å²) in [6.45, 7) is -0.340. The molecule has 0 bridgehead atoms. The molecule has 3 aromatic carbocycles. The zero-order chi connectivity index (χ0) is 25.7. The van der Waals surface area contributed by atoms with Gasteiger partial charge in [-0.1, -0.05) is 72.3 Å². The third-order valence-corrected chi connectivity index (χ3v) is 5.90. The van der Waals surface area contributed by atoms with Crippen LogP contribution >= 0.6 is 11.6 Å². The minimum Gasteiger partial charge on any atom is -0.364 e. The van der Waals surface area contributed by atoms with Crippen molar-refractivity contribution >= 4 is 40.2 Å². The smallest absolute Gasteiger partial charge is 0.269 e. The molecule has 4 aromatic rings. The third kappa shape index (κ3) is 5.69. The van der Waals surface area contributed by atoms with Crippen LogP contribution in [0.4, 0.5) is 4.39 Å². The Labute approximate surface area is 211 Å². The van der Waals surface area contributed by atoms with Crippen molar-refractivity contribution in [2.75, 3.05) is 0 Å². The third-order valence-electron chi connectivity index (χ3n) is 5.60. The van der Waals surface area contributed by atoms with Crippen LogP contribution in [0.15, 0.2) is 72.8 Å². The first-order valence-corrected chi connectivity index (χ1v) is 11.5. The number of benzene rings is 3. The van der Waals surface area contributed by atoms with E-state index in [0.717, 1.165) is 5.56 Å². The molecule has 4 N–H and O–H groups in total. The van der Waals surface area contributed by atoms with Crippen LogP contribution in [0.25, 0.3) is 10.9 Å². The molecule has 3 amide bonds. The van der Waals surface area contributed by atoms with E-state index in [9.17, 15) is 18.8 Å². The first kappa shape index (κ1) is 24.9. The number of rotatable bonds is 9. The van der Waals surface area contributed by atoms with Crippen molar-refractivity contribution in [3.63, 3.8) is 0 Å². The largest absolute Gasteiger partial charge is 0.364 e. The van der Waals surface area contributed by atoms with E-state index in [4.69, 9.17) is 17.3 Å². The van der Waals surface area contributed by atoms with Crippen LogP contribution in [0.2, 0.25) is 5.02 Å². The SMILES string of the molecule is NC(=O)c1nn(CC(=O)NC(Cc2ccccc2)C(=O)NCc2cccc(Cl)c2F)c2ccccc12. The lowest BCUT2D eigenvalue weighted by Gasteiger charge is -2.19. The molecule has 10 heteroatoms. The highest BCUT2D eigenvalue weighted by Gasteiger charge is 2.23. The number of nitrogens with zero attached hydrogens (tertiary/aromatic N) is 2. The van der Waals surface area contributed by atoms with Gasteiger partial charge >= 0.3 is 0 Å². The molecule has 1 unspecified atom stereocenters. The fourth-order valence-corrected chi connectivity index (χ4v) is 4.05. The first-order valence-electron chi connectivity index (χ1n) is 11.1. The Bertz CT molecular complexity index is 1420. The molecular weight excluding hydrogens is 485 g/mol. The second-order valence-electron chi connectivity index (χ2n) is 8.13. The molecular formula is C26H23ClFN5O3. The number of carbonyl (C=O) groups is 3. The van der Waals surface area contributed by atoms with Crippen LogP contribution in [-0.2, 0) is 29.1 Å². The van der Waals surface area contributed by atoms with E-state index >= 15 is 0 Å². The van der Waals surface area contributed by atoms with Gasteiger partial charge in [0.1, 0.15) is 18.4 Å². The quantitative estimate of drug-likeness (QED) is 0.322. The van der Waals surface area contributed by atoms with Gasteiger partial charge in [-0.25, -0.2) is 4.39 Å². The van der Waals surface area contributed by atoms with Crippen LogP contribution in [-0.4, -0.2) is 33.5 Å². The Balaban J connectivity index is 1.51. The normalized spacial score (nSPS) is 11.7. The number of nitrogens with one attached hydrogen (secondary N) is 2. The molecule has 4 rings (SSSR count). The van der Waals surface area contributed by atoms with Crippen LogP contribution in [0.5, 0.6) is 0 Å². The minimum absolute atomic E-state index is 0.0438. The van der Waals surface area contributed by atoms with Crippen molar-refractivity contribution in [2.24, 2.45) is 5.73 Å². The van der Waals surface area contributed by atoms with Gasteiger partial charge in [0, 0.05) is 23.9 Å². The van der Waals surface area contributed by atoms with Crippen molar-refractivity contribution < 1.29 is 18.8 Å². The topological polar surface area (TPSA) is 119 Å². The fraction of sp³-hybridized carbons (Fsp3) is 0.154. The zero-order valence-electron chi connectivity index (χ0n) is 19.1. The highest BCUT2D eigenvalue weighted by molar-refractivity contribution is 6.30. The Morgan fingerprint density at radius 2 is 1.72 bits per heavy atom. The highest BCUT2D eigenvalue weighted by atomic mass is 35.5. The van der Waals surface area contributed by atoms with E-state index in [2.05, 4.69) is 15.7 Å². The lowest BCUT2D eigenvalue weighted by Crippen LogP contribution is -2.48. The Morgan fingerprint density at radius 1 is 1.00 bits per heavy atom. The molecule has 0 saturated heterocycles. The van der Waals surface area contributed by atoms with Gasteiger partial charge in [-0.15, -0.1) is 0 Å². The molecule has 0 saturated carbocycles. The maximum absolute atomic E-state index is 14.2. The van der Waals surface area contributed by atoms with E-state index in [-0.39, 0.29) is 35.8 Å². The molecule has 36 heavy (non-hydrogen) atoms. The van der Waals surface area contributed by atoms with E-state index < -0.39 is 29.6 Å². The zero-order valence-corrected chi connectivity index (χ0v) is 19.8. The predicted octanol–water partition coefficient (Wildman–Crippen LogP) is 2.97. The lowest BCUT2D eigenvalue weighted by molar-refractivity contribution is -0.129. The summed E-state index contributed by atoms with van der Waals surface area (Å²) in [5.74, 6) is -2.31. The van der Waals surface area contributed by atoms with Crippen molar-refractivity contribution in [1.29, 1.82) is 0 Å². The second-order valence-corrected chi connectivity index (χ2v) is 8.54. The Morgan fingerprint density at radius 3 is 2.47 bits per heavy atom. The van der Waals surface area contributed by atoms with Crippen molar-refractivity contribution in [2.45, 2.75) is 25.6 Å². The summed E-state index contributed by atoms with van der Waals surface area (Å²) < 4.78 is 15.6. The van der Waals surface area contributed by atoms with E-state index in [1.807, 2.05) is 30.3 Å². The van der Waals surface area contributed by atoms with Gasteiger partial charge in [0.15, 0.2) is 5.69 Å². The molecule has 0 fully saturated rings. The van der Waals surface area contributed by atoms with E-state index in [1.165, 1.54) is 16.8 Å². The van der Waals surface area contributed by atoms with Gasteiger partial charge in [0.2, 0.25) is 11.8 Å². The standard InChI is InChI=1S/C26H23ClFN5O3/c27-19-11-6-9-17(23(19)28)14-30-26(36)20(13-16-7-2-1-3-8-16)31-22(34)15-33-21-12-5-4-10-18(21)24(32-33)25(29)35/h1-12,20H,13-15H2,(H2,29,35)(H,30,36)(H,31,34). The summed E-state index contributed by atoms with van der Waals surface area (Å²) in [5, 5.41) is 10.1. The number of hydrogen-bond donors (Lipinski definition) is 3. The number of nitrogens with two attached hydrogens (primary N) is 1. The van der Waals surface area contributed by atoms with Gasteiger partial charge in [-0.3, -0.25) is 19.1 Å². The molecule has 1 atom stereocenters. The summed E-state index contributed by atoms with van der Waals surface area (Å²) in [7, 11) is 0. The summed E-state index contributed by atoms with van der Waals surface area (Å²) in [4.78, 5) is 37.8. The van der Waals surface area contributed by atoms with Crippen molar-refractivity contribution in [1.82, 2.24) is 20.4 Å². The minimum atomic E-state index is -0.945. The Hall–Kier alpha value is -4.24. The number of primary amides is 1. The van der Waals surface area contributed by atoms with Gasteiger partial charge in [-0.2, -0.15) is 5.10 Å². The molecule has 0 spiro atoms. The predicted molar refractivity (Wildman–Crippen MR) is 134 cm³/mol. The maximum Gasteiger partial charge on any atom is 0.269 e. The number of halogens is 2.